The number of Topliss-reactive ketones (excluding diaryl/α,β-unsaturated/α-hetero) is 1. The van der Waals surface area contributed by atoms with E-state index in [1.807, 2.05) is 0 Å². The highest BCUT2D eigenvalue weighted by atomic mass is 16.1. The van der Waals surface area contributed by atoms with Crippen molar-refractivity contribution in [1.82, 2.24) is 0 Å². The lowest BCUT2D eigenvalue weighted by Gasteiger charge is -1.80. The molecule has 2 heteroatoms. The molecule has 2 nitrogen and oxygen atoms in total. The van der Waals surface area contributed by atoms with Crippen molar-refractivity contribution >= 4 is 12.1 Å². The van der Waals surface area contributed by atoms with Gasteiger partial charge >= 0.3 is 0 Å². The van der Waals surface area contributed by atoms with E-state index in [4.69, 9.17) is 0 Å². The highest BCUT2D eigenvalue weighted by Gasteiger charge is 2.40. The minimum atomic E-state index is 0.0625. The summed E-state index contributed by atoms with van der Waals surface area (Å²) in [6, 6.07) is 0. The van der Waals surface area contributed by atoms with Crippen LogP contribution in [0.3, 0.4) is 0 Å². The van der Waals surface area contributed by atoms with Gasteiger partial charge in [0, 0.05) is 11.8 Å². The quantitative estimate of drug-likeness (QED) is 0.485. The lowest BCUT2D eigenvalue weighted by atomic mass is 10.2. The van der Waals surface area contributed by atoms with Gasteiger partial charge in [0.15, 0.2) is 0 Å². The molecule has 0 aromatic carbocycles. The second kappa shape index (κ2) is 1.69. The summed E-state index contributed by atoms with van der Waals surface area (Å²) in [6.45, 7) is 1.54. The molecular weight excluding hydrogens is 104 g/mol. The van der Waals surface area contributed by atoms with E-state index >= 15 is 0 Å². The van der Waals surface area contributed by atoms with Gasteiger partial charge in [-0.1, -0.05) is 0 Å². The Labute approximate surface area is 47.9 Å². The Bertz CT molecular complexity index is 128. The van der Waals surface area contributed by atoms with E-state index in [9.17, 15) is 9.59 Å². The third-order valence-electron chi connectivity index (χ3n) is 1.54. The zero-order valence-corrected chi connectivity index (χ0v) is 4.76. The Morgan fingerprint density at radius 2 is 2.38 bits per heavy atom. The van der Waals surface area contributed by atoms with Gasteiger partial charge in [0.25, 0.3) is 0 Å². The first-order valence-corrected chi connectivity index (χ1v) is 2.71. The molecule has 0 saturated heterocycles. The molecule has 1 fully saturated rings. The molecule has 8 heavy (non-hydrogen) atoms. The molecule has 1 saturated carbocycles. The molecule has 44 valence electrons. The fraction of sp³-hybridized carbons (Fsp3) is 0.667. The maximum atomic E-state index is 10.4. The molecule has 0 spiro atoms. The standard InChI is InChI=1S/C6H8O2/c1-4(8)6-2-5(6)3-7/h3,5-6H,2H2,1H3/t5-,6-/m0/s1. The van der Waals surface area contributed by atoms with Gasteiger partial charge in [0.05, 0.1) is 0 Å². The van der Waals surface area contributed by atoms with E-state index in [-0.39, 0.29) is 17.6 Å². The van der Waals surface area contributed by atoms with E-state index in [0.29, 0.717) is 0 Å². The minimum absolute atomic E-state index is 0.0625. The zero-order valence-electron chi connectivity index (χ0n) is 4.76. The van der Waals surface area contributed by atoms with Crippen molar-refractivity contribution in [2.24, 2.45) is 11.8 Å². The molecule has 1 aliphatic carbocycles. The van der Waals surface area contributed by atoms with Gasteiger partial charge < -0.3 is 4.79 Å². The third kappa shape index (κ3) is 0.782. The second-order valence-corrected chi connectivity index (χ2v) is 2.25. The number of hydrogen-bond acceptors (Lipinski definition) is 2. The van der Waals surface area contributed by atoms with Crippen LogP contribution in [0.5, 0.6) is 0 Å². The van der Waals surface area contributed by atoms with Crippen LogP contribution in [0.2, 0.25) is 0 Å². The van der Waals surface area contributed by atoms with Gasteiger partial charge in [-0.25, -0.2) is 0 Å². The van der Waals surface area contributed by atoms with E-state index in [0.717, 1.165) is 12.7 Å². The number of carbonyl (C=O) groups is 2. The summed E-state index contributed by atoms with van der Waals surface area (Å²) in [4.78, 5) is 20.3. The Morgan fingerprint density at radius 1 is 1.75 bits per heavy atom. The Balaban J connectivity index is 2.36. The molecule has 0 N–H and O–H groups in total. The first kappa shape index (κ1) is 5.48. The topological polar surface area (TPSA) is 34.1 Å². The maximum absolute atomic E-state index is 10.4. The SMILES string of the molecule is CC(=O)[C@@H]1C[C@H]1C=O. The summed E-state index contributed by atoms with van der Waals surface area (Å²) in [5.74, 6) is 0.294. The number of ketones is 1. The highest BCUT2D eigenvalue weighted by Crippen LogP contribution is 2.36. The molecule has 0 aromatic rings. The fourth-order valence-corrected chi connectivity index (χ4v) is 0.832. The second-order valence-electron chi connectivity index (χ2n) is 2.25. The van der Waals surface area contributed by atoms with Crippen LogP contribution in [0.25, 0.3) is 0 Å². The number of carbonyl (C=O) groups excluding carboxylic acids is 2. The van der Waals surface area contributed by atoms with Crippen molar-refractivity contribution in [3.8, 4) is 0 Å². The Kier molecular flexibility index (Phi) is 1.16. The van der Waals surface area contributed by atoms with Crippen LogP contribution in [0.4, 0.5) is 0 Å². The lowest BCUT2D eigenvalue weighted by molar-refractivity contribution is -0.119. The van der Waals surface area contributed by atoms with Crippen LogP contribution in [0.1, 0.15) is 13.3 Å². The molecule has 0 heterocycles. The minimum Gasteiger partial charge on any atom is -0.303 e. The number of aldehydes is 1. The van der Waals surface area contributed by atoms with E-state index in [1.54, 1.807) is 0 Å². The third-order valence-corrected chi connectivity index (χ3v) is 1.54. The van der Waals surface area contributed by atoms with E-state index in [1.165, 1.54) is 6.92 Å². The summed E-state index contributed by atoms with van der Waals surface area (Å²) in [5.41, 5.74) is 0. The molecule has 0 radical (unpaired) electrons. The monoisotopic (exact) mass is 112 g/mol. The van der Waals surface area contributed by atoms with E-state index < -0.39 is 0 Å². The van der Waals surface area contributed by atoms with Gasteiger partial charge in [-0.05, 0) is 13.3 Å². The normalized spacial score (nSPS) is 34.1. The Morgan fingerprint density at radius 3 is 2.50 bits per heavy atom. The predicted octanol–water partition coefficient (Wildman–Crippen LogP) is 0.410. The van der Waals surface area contributed by atoms with Crippen LogP contribution in [0.15, 0.2) is 0 Å². The summed E-state index contributed by atoms with van der Waals surface area (Å²) in [5, 5.41) is 0. The maximum Gasteiger partial charge on any atom is 0.133 e. The van der Waals surface area contributed by atoms with Crippen molar-refractivity contribution < 1.29 is 9.59 Å². The van der Waals surface area contributed by atoms with Gasteiger partial charge in [-0.2, -0.15) is 0 Å². The average Bonchev–Trinajstić information content (AvgIpc) is 2.42. The van der Waals surface area contributed by atoms with Crippen LogP contribution >= 0.6 is 0 Å². The van der Waals surface area contributed by atoms with Crippen molar-refractivity contribution in [3.63, 3.8) is 0 Å². The largest absolute Gasteiger partial charge is 0.303 e. The van der Waals surface area contributed by atoms with Crippen molar-refractivity contribution in [2.75, 3.05) is 0 Å². The number of hydrogen-bond donors (Lipinski definition) is 0. The predicted molar refractivity (Wildman–Crippen MR) is 28.3 cm³/mol. The van der Waals surface area contributed by atoms with Crippen molar-refractivity contribution in [2.45, 2.75) is 13.3 Å². The van der Waals surface area contributed by atoms with Crippen LogP contribution in [-0.2, 0) is 9.59 Å². The summed E-state index contributed by atoms with van der Waals surface area (Å²) < 4.78 is 0. The van der Waals surface area contributed by atoms with E-state index in [2.05, 4.69) is 0 Å². The molecule has 0 bridgehead atoms. The molecule has 0 aliphatic heterocycles. The van der Waals surface area contributed by atoms with Crippen molar-refractivity contribution in [1.29, 1.82) is 0 Å². The van der Waals surface area contributed by atoms with Gasteiger partial charge in [-0.15, -0.1) is 0 Å². The van der Waals surface area contributed by atoms with Crippen molar-refractivity contribution in [3.05, 3.63) is 0 Å². The van der Waals surface area contributed by atoms with Crippen LogP contribution in [-0.4, -0.2) is 12.1 Å². The molecule has 0 unspecified atom stereocenters. The molecule has 0 aromatic heterocycles. The Hall–Kier alpha value is -0.660. The average molecular weight is 112 g/mol. The first-order chi connectivity index (χ1) is 3.75. The number of rotatable bonds is 2. The molecule has 2 atom stereocenters. The van der Waals surface area contributed by atoms with Gasteiger partial charge in [-0.3, -0.25) is 4.79 Å². The summed E-state index contributed by atoms with van der Waals surface area (Å²) in [7, 11) is 0. The van der Waals surface area contributed by atoms with Gasteiger partial charge in [0.2, 0.25) is 0 Å². The molecule has 1 rings (SSSR count). The summed E-state index contributed by atoms with van der Waals surface area (Å²) >= 11 is 0. The van der Waals surface area contributed by atoms with Crippen LogP contribution < -0.4 is 0 Å². The first-order valence-electron chi connectivity index (χ1n) is 2.71. The van der Waals surface area contributed by atoms with Crippen LogP contribution in [0, 0.1) is 11.8 Å². The van der Waals surface area contributed by atoms with Gasteiger partial charge in [0.1, 0.15) is 12.1 Å². The lowest BCUT2D eigenvalue weighted by Crippen LogP contribution is -1.94. The molecule has 1 aliphatic rings. The smallest absolute Gasteiger partial charge is 0.133 e. The highest BCUT2D eigenvalue weighted by molar-refractivity contribution is 5.85. The summed E-state index contributed by atoms with van der Waals surface area (Å²) in [6.07, 6.45) is 1.66. The molecule has 0 amide bonds. The molecular formula is C6H8O2. The fourth-order valence-electron chi connectivity index (χ4n) is 0.832. The zero-order chi connectivity index (χ0) is 6.15.